The van der Waals surface area contributed by atoms with E-state index in [0.717, 1.165) is 0 Å². The molecule has 1 saturated heterocycles. The number of carbonyl (C=O) groups excluding carboxylic acids is 1. The van der Waals surface area contributed by atoms with Crippen molar-refractivity contribution >= 4 is 35.1 Å². The molecule has 0 aliphatic carbocycles. The Labute approximate surface area is 132 Å². The predicted octanol–water partition coefficient (Wildman–Crippen LogP) is 2.70. The lowest BCUT2D eigenvalue weighted by molar-refractivity contribution is -0.145. The number of halogens is 2. The highest BCUT2D eigenvalue weighted by molar-refractivity contribution is 6.35. The number of benzene rings is 1. The Hall–Kier alpha value is -1.30. The van der Waals surface area contributed by atoms with Gasteiger partial charge in [-0.3, -0.25) is 4.79 Å². The van der Waals surface area contributed by atoms with Crippen molar-refractivity contribution in [3.05, 3.63) is 33.8 Å². The summed E-state index contributed by atoms with van der Waals surface area (Å²) < 4.78 is 5.24. The molecule has 0 unspecified atom stereocenters. The van der Waals surface area contributed by atoms with E-state index in [1.54, 1.807) is 23.1 Å². The summed E-state index contributed by atoms with van der Waals surface area (Å²) in [6, 6.07) is 4.78. The molecular formula is C14H15Cl2NO4. The second-order valence-corrected chi connectivity index (χ2v) is 5.66. The first kappa shape index (κ1) is 16.1. The van der Waals surface area contributed by atoms with Crippen LogP contribution in [0.5, 0.6) is 0 Å². The SMILES string of the molecule is O=C(O)COC1CCN(C(=O)c2cc(Cl)ccc2Cl)CC1. The normalized spacial score (nSPS) is 16.0. The number of carboxylic acids is 1. The zero-order valence-corrected chi connectivity index (χ0v) is 12.7. The maximum absolute atomic E-state index is 12.4. The van der Waals surface area contributed by atoms with Gasteiger partial charge in [0.15, 0.2) is 0 Å². The van der Waals surface area contributed by atoms with E-state index < -0.39 is 5.97 Å². The number of ether oxygens (including phenoxy) is 1. The minimum absolute atomic E-state index is 0.125. The Bertz CT molecular complexity index is 542. The van der Waals surface area contributed by atoms with Gasteiger partial charge in [0.2, 0.25) is 0 Å². The number of piperidine rings is 1. The largest absolute Gasteiger partial charge is 0.480 e. The van der Waals surface area contributed by atoms with Crippen LogP contribution in [0.2, 0.25) is 10.0 Å². The van der Waals surface area contributed by atoms with Crippen LogP contribution in [0, 0.1) is 0 Å². The van der Waals surface area contributed by atoms with E-state index >= 15 is 0 Å². The molecule has 1 aliphatic heterocycles. The molecule has 0 bridgehead atoms. The van der Waals surface area contributed by atoms with Crippen molar-refractivity contribution in [3.8, 4) is 0 Å². The molecule has 5 nitrogen and oxygen atoms in total. The van der Waals surface area contributed by atoms with Crippen molar-refractivity contribution in [1.82, 2.24) is 4.90 Å². The van der Waals surface area contributed by atoms with Gasteiger partial charge in [-0.05, 0) is 31.0 Å². The summed E-state index contributed by atoms with van der Waals surface area (Å²) in [6.45, 7) is 0.705. The van der Waals surface area contributed by atoms with Crippen molar-refractivity contribution in [2.24, 2.45) is 0 Å². The van der Waals surface area contributed by atoms with Gasteiger partial charge >= 0.3 is 5.97 Å². The van der Waals surface area contributed by atoms with Gasteiger partial charge in [0, 0.05) is 18.1 Å². The van der Waals surface area contributed by atoms with E-state index in [1.807, 2.05) is 0 Å². The van der Waals surface area contributed by atoms with Crippen molar-refractivity contribution < 1.29 is 19.4 Å². The van der Waals surface area contributed by atoms with Gasteiger partial charge in [0.25, 0.3) is 5.91 Å². The van der Waals surface area contributed by atoms with Gasteiger partial charge in [0.05, 0.1) is 16.7 Å². The maximum atomic E-state index is 12.4. The van der Waals surface area contributed by atoms with Gasteiger partial charge in [-0.2, -0.15) is 0 Å². The van der Waals surface area contributed by atoms with Crippen LogP contribution in [0.3, 0.4) is 0 Å². The van der Waals surface area contributed by atoms with Gasteiger partial charge < -0.3 is 14.7 Å². The first-order valence-corrected chi connectivity index (χ1v) is 7.30. The van der Waals surface area contributed by atoms with Crippen molar-refractivity contribution in [1.29, 1.82) is 0 Å². The maximum Gasteiger partial charge on any atom is 0.329 e. The topological polar surface area (TPSA) is 66.8 Å². The summed E-state index contributed by atoms with van der Waals surface area (Å²) in [5.74, 6) is -1.15. The lowest BCUT2D eigenvalue weighted by atomic mass is 10.1. The van der Waals surface area contributed by atoms with Crippen molar-refractivity contribution in [2.45, 2.75) is 18.9 Å². The number of aliphatic carboxylic acids is 1. The standard InChI is InChI=1S/C14H15Cl2NO4/c15-9-1-2-12(16)11(7-9)14(20)17-5-3-10(4-6-17)21-8-13(18)19/h1-2,7,10H,3-6,8H2,(H,18,19). The molecule has 0 atom stereocenters. The van der Waals surface area contributed by atoms with Crippen LogP contribution in [-0.4, -0.2) is 47.7 Å². The molecule has 0 saturated carbocycles. The number of carboxylic acid groups (broad SMARTS) is 1. The number of hydrogen-bond acceptors (Lipinski definition) is 3. The Balaban J connectivity index is 1.94. The Kier molecular flexibility index (Phi) is 5.45. The molecule has 1 aromatic carbocycles. The van der Waals surface area contributed by atoms with E-state index in [-0.39, 0.29) is 18.6 Å². The fourth-order valence-electron chi connectivity index (χ4n) is 2.25. The van der Waals surface area contributed by atoms with Crippen LogP contribution >= 0.6 is 23.2 Å². The molecule has 0 radical (unpaired) electrons. The lowest BCUT2D eigenvalue weighted by Gasteiger charge is -2.32. The number of amides is 1. The fraction of sp³-hybridized carbons (Fsp3) is 0.429. The van der Waals surface area contributed by atoms with Gasteiger partial charge in [-0.15, -0.1) is 0 Å². The first-order chi connectivity index (χ1) is 9.97. The summed E-state index contributed by atoms with van der Waals surface area (Å²) in [4.78, 5) is 24.5. The number of likely N-dealkylation sites (tertiary alicyclic amines) is 1. The van der Waals surface area contributed by atoms with E-state index in [4.69, 9.17) is 33.0 Å². The highest BCUT2D eigenvalue weighted by Crippen LogP contribution is 2.24. The van der Waals surface area contributed by atoms with E-state index in [9.17, 15) is 9.59 Å². The molecule has 7 heteroatoms. The molecule has 1 aromatic rings. The van der Waals surface area contributed by atoms with Gasteiger partial charge in [-0.1, -0.05) is 23.2 Å². The summed E-state index contributed by atoms with van der Waals surface area (Å²) in [7, 11) is 0. The molecule has 1 amide bonds. The molecule has 114 valence electrons. The average Bonchev–Trinajstić information content (AvgIpc) is 2.47. The number of nitrogens with zero attached hydrogens (tertiary/aromatic N) is 1. The Morgan fingerprint density at radius 1 is 1.29 bits per heavy atom. The third-order valence-electron chi connectivity index (χ3n) is 3.33. The van der Waals surface area contributed by atoms with Gasteiger partial charge in [-0.25, -0.2) is 4.79 Å². The third kappa shape index (κ3) is 4.33. The molecule has 0 spiro atoms. The molecule has 2 rings (SSSR count). The number of carbonyl (C=O) groups is 2. The molecule has 21 heavy (non-hydrogen) atoms. The summed E-state index contributed by atoms with van der Waals surface area (Å²) >= 11 is 11.9. The quantitative estimate of drug-likeness (QED) is 0.921. The second kappa shape index (κ2) is 7.11. The Morgan fingerprint density at radius 3 is 2.57 bits per heavy atom. The predicted molar refractivity (Wildman–Crippen MR) is 79.0 cm³/mol. The molecular weight excluding hydrogens is 317 g/mol. The zero-order chi connectivity index (χ0) is 15.4. The third-order valence-corrected chi connectivity index (χ3v) is 3.90. The number of hydrogen-bond donors (Lipinski definition) is 1. The first-order valence-electron chi connectivity index (χ1n) is 6.55. The highest BCUT2D eigenvalue weighted by atomic mass is 35.5. The van der Waals surface area contributed by atoms with E-state index in [0.29, 0.717) is 41.5 Å². The van der Waals surface area contributed by atoms with Gasteiger partial charge in [0.1, 0.15) is 6.61 Å². The van der Waals surface area contributed by atoms with E-state index in [1.165, 1.54) is 0 Å². The molecule has 1 heterocycles. The summed E-state index contributed by atoms with van der Waals surface area (Å²) in [5.41, 5.74) is 0.383. The fourth-order valence-corrected chi connectivity index (χ4v) is 2.62. The highest BCUT2D eigenvalue weighted by Gasteiger charge is 2.25. The molecule has 1 aliphatic rings. The smallest absolute Gasteiger partial charge is 0.329 e. The number of rotatable bonds is 4. The van der Waals surface area contributed by atoms with Crippen LogP contribution in [0.1, 0.15) is 23.2 Å². The second-order valence-electron chi connectivity index (χ2n) is 4.82. The van der Waals surface area contributed by atoms with Crippen LogP contribution < -0.4 is 0 Å². The molecule has 1 N–H and O–H groups in total. The monoisotopic (exact) mass is 331 g/mol. The Morgan fingerprint density at radius 2 is 1.95 bits per heavy atom. The van der Waals surface area contributed by atoms with Crippen molar-refractivity contribution in [3.63, 3.8) is 0 Å². The average molecular weight is 332 g/mol. The minimum atomic E-state index is -0.987. The molecule has 1 fully saturated rings. The van der Waals surface area contributed by atoms with Crippen LogP contribution in [0.15, 0.2) is 18.2 Å². The van der Waals surface area contributed by atoms with Crippen LogP contribution in [0.25, 0.3) is 0 Å². The van der Waals surface area contributed by atoms with E-state index in [2.05, 4.69) is 0 Å². The summed E-state index contributed by atoms with van der Waals surface area (Å²) in [5, 5.41) is 9.40. The summed E-state index contributed by atoms with van der Waals surface area (Å²) in [6.07, 6.45) is 1.09. The lowest BCUT2D eigenvalue weighted by Crippen LogP contribution is -2.41. The molecule has 0 aromatic heterocycles. The zero-order valence-electron chi connectivity index (χ0n) is 11.2. The van der Waals surface area contributed by atoms with Crippen molar-refractivity contribution in [2.75, 3.05) is 19.7 Å². The minimum Gasteiger partial charge on any atom is -0.480 e. The van der Waals surface area contributed by atoms with Crippen LogP contribution in [-0.2, 0) is 9.53 Å². The van der Waals surface area contributed by atoms with Crippen LogP contribution in [0.4, 0.5) is 0 Å².